The Balaban J connectivity index is 3.68. The van der Waals surface area contributed by atoms with Gasteiger partial charge in [0.25, 0.3) is 0 Å². The molecular formula is C5H10N2O2S. The third kappa shape index (κ3) is 3.24. The molecule has 5 heteroatoms. The van der Waals surface area contributed by atoms with Crippen molar-refractivity contribution in [3.05, 3.63) is 0 Å². The molecule has 58 valence electrons. The summed E-state index contributed by atoms with van der Waals surface area (Å²) in [6.45, 7) is 1.52. The third-order valence-electron chi connectivity index (χ3n) is 0.945. The highest BCUT2D eigenvalue weighted by atomic mass is 32.1. The van der Waals surface area contributed by atoms with Crippen LogP contribution in [0, 0.1) is 0 Å². The summed E-state index contributed by atoms with van der Waals surface area (Å²) in [5.41, 5.74) is 0. The van der Waals surface area contributed by atoms with Crippen LogP contribution in [-0.4, -0.2) is 29.3 Å². The lowest BCUT2D eigenvalue weighted by atomic mass is 10.3. The van der Waals surface area contributed by atoms with Crippen LogP contribution in [0.2, 0.25) is 0 Å². The molecule has 0 rings (SSSR count). The highest BCUT2D eigenvalue weighted by molar-refractivity contribution is 7.80. The van der Waals surface area contributed by atoms with Crippen LogP contribution in [-0.2, 0) is 4.79 Å². The number of hydrogen-bond acceptors (Lipinski definition) is 2. The summed E-state index contributed by atoms with van der Waals surface area (Å²) in [6, 6.07) is -0.639. The average molecular weight is 162 g/mol. The largest absolute Gasteiger partial charge is 0.480 e. The molecule has 0 radical (unpaired) electrons. The van der Waals surface area contributed by atoms with Gasteiger partial charge in [0.2, 0.25) is 0 Å². The van der Waals surface area contributed by atoms with Crippen molar-refractivity contribution in [1.82, 2.24) is 10.6 Å². The number of rotatable bonds is 2. The Kier molecular flexibility index (Phi) is 3.71. The van der Waals surface area contributed by atoms with E-state index in [1.807, 2.05) is 0 Å². The molecule has 0 aromatic heterocycles. The van der Waals surface area contributed by atoms with E-state index in [0.717, 1.165) is 0 Å². The standard InChI is InChI=1S/C5H10N2O2S/c1-3(4(8)9)7-5(10)6-2/h3H,1-2H3,(H,8,9)(H2,6,7,10)/t3-/m1/s1. The van der Waals surface area contributed by atoms with Gasteiger partial charge in [-0.25, -0.2) is 0 Å². The minimum Gasteiger partial charge on any atom is -0.480 e. The Morgan fingerprint density at radius 3 is 2.50 bits per heavy atom. The second kappa shape index (κ2) is 4.05. The minimum absolute atomic E-state index is 0.343. The van der Waals surface area contributed by atoms with E-state index in [1.54, 1.807) is 7.05 Å². The van der Waals surface area contributed by atoms with Crippen LogP contribution in [0.25, 0.3) is 0 Å². The molecule has 0 aromatic carbocycles. The average Bonchev–Trinajstić information content (AvgIpc) is 1.87. The summed E-state index contributed by atoms with van der Waals surface area (Å²) in [6.07, 6.45) is 0. The third-order valence-corrected chi connectivity index (χ3v) is 1.27. The van der Waals surface area contributed by atoms with E-state index in [4.69, 9.17) is 5.11 Å². The summed E-state index contributed by atoms with van der Waals surface area (Å²) in [7, 11) is 1.63. The number of nitrogens with one attached hydrogen (secondary N) is 2. The fourth-order valence-corrected chi connectivity index (χ4v) is 0.507. The molecular weight excluding hydrogens is 152 g/mol. The number of carboxylic acids is 1. The van der Waals surface area contributed by atoms with Crippen LogP contribution in [0.4, 0.5) is 0 Å². The van der Waals surface area contributed by atoms with Crippen molar-refractivity contribution in [3.63, 3.8) is 0 Å². The van der Waals surface area contributed by atoms with E-state index in [2.05, 4.69) is 22.9 Å². The first-order chi connectivity index (χ1) is 4.57. The maximum Gasteiger partial charge on any atom is 0.325 e. The maximum atomic E-state index is 10.2. The fraction of sp³-hybridized carbons (Fsp3) is 0.600. The Bertz CT molecular complexity index is 149. The van der Waals surface area contributed by atoms with E-state index in [0.29, 0.717) is 5.11 Å². The highest BCUT2D eigenvalue weighted by Crippen LogP contribution is 1.79. The molecule has 10 heavy (non-hydrogen) atoms. The topological polar surface area (TPSA) is 61.4 Å². The Hall–Kier alpha value is -0.840. The lowest BCUT2D eigenvalue weighted by molar-refractivity contribution is -0.138. The summed E-state index contributed by atoms with van der Waals surface area (Å²) >= 11 is 4.67. The van der Waals surface area contributed by atoms with Gasteiger partial charge >= 0.3 is 5.97 Å². The van der Waals surface area contributed by atoms with Crippen LogP contribution in [0.3, 0.4) is 0 Å². The van der Waals surface area contributed by atoms with Crippen LogP contribution in [0.15, 0.2) is 0 Å². The van der Waals surface area contributed by atoms with Crippen molar-refractivity contribution in [2.24, 2.45) is 0 Å². The zero-order chi connectivity index (χ0) is 8.15. The van der Waals surface area contributed by atoms with Crippen molar-refractivity contribution in [1.29, 1.82) is 0 Å². The number of hydrogen-bond donors (Lipinski definition) is 3. The molecule has 0 aliphatic rings. The zero-order valence-electron chi connectivity index (χ0n) is 5.84. The summed E-state index contributed by atoms with van der Waals surface area (Å²) in [5, 5.41) is 13.9. The molecule has 0 spiro atoms. The molecule has 0 aliphatic carbocycles. The fourth-order valence-electron chi connectivity index (χ4n) is 0.331. The van der Waals surface area contributed by atoms with Gasteiger partial charge in [-0.2, -0.15) is 0 Å². The Morgan fingerprint density at radius 2 is 2.20 bits per heavy atom. The van der Waals surface area contributed by atoms with Crippen LogP contribution in [0.5, 0.6) is 0 Å². The van der Waals surface area contributed by atoms with E-state index in [-0.39, 0.29) is 0 Å². The smallest absolute Gasteiger partial charge is 0.325 e. The number of thiocarbonyl (C=S) groups is 1. The molecule has 0 fully saturated rings. The van der Waals surface area contributed by atoms with Crippen LogP contribution < -0.4 is 10.6 Å². The van der Waals surface area contributed by atoms with Gasteiger partial charge in [0.15, 0.2) is 5.11 Å². The predicted octanol–water partition coefficient (Wildman–Crippen LogP) is -0.447. The van der Waals surface area contributed by atoms with Crippen molar-refractivity contribution in [3.8, 4) is 0 Å². The van der Waals surface area contributed by atoms with Crippen molar-refractivity contribution in [2.75, 3.05) is 7.05 Å². The molecule has 1 atom stereocenters. The molecule has 0 aromatic rings. The first-order valence-electron chi connectivity index (χ1n) is 2.79. The van der Waals surface area contributed by atoms with Crippen LogP contribution in [0.1, 0.15) is 6.92 Å². The molecule has 3 N–H and O–H groups in total. The zero-order valence-corrected chi connectivity index (χ0v) is 6.66. The van der Waals surface area contributed by atoms with Gasteiger partial charge in [-0.15, -0.1) is 0 Å². The van der Waals surface area contributed by atoms with Gasteiger partial charge in [-0.3, -0.25) is 4.79 Å². The molecule has 0 bridgehead atoms. The number of aliphatic carboxylic acids is 1. The summed E-state index contributed by atoms with van der Waals surface area (Å²) < 4.78 is 0. The molecule has 0 saturated heterocycles. The first kappa shape index (κ1) is 9.16. The Labute approximate surface area is 64.6 Å². The lowest BCUT2D eigenvalue weighted by Crippen LogP contribution is -2.42. The molecule has 0 unspecified atom stereocenters. The highest BCUT2D eigenvalue weighted by Gasteiger charge is 2.09. The van der Waals surface area contributed by atoms with E-state index in [9.17, 15) is 4.79 Å². The normalized spacial score (nSPS) is 11.8. The minimum atomic E-state index is -0.919. The summed E-state index contributed by atoms with van der Waals surface area (Å²) in [4.78, 5) is 10.2. The monoisotopic (exact) mass is 162 g/mol. The van der Waals surface area contributed by atoms with E-state index < -0.39 is 12.0 Å². The maximum absolute atomic E-state index is 10.2. The van der Waals surface area contributed by atoms with E-state index in [1.165, 1.54) is 6.92 Å². The quantitative estimate of drug-likeness (QED) is 0.480. The van der Waals surface area contributed by atoms with Crippen molar-refractivity contribution in [2.45, 2.75) is 13.0 Å². The second-order valence-electron chi connectivity index (χ2n) is 1.78. The van der Waals surface area contributed by atoms with Gasteiger partial charge in [-0.05, 0) is 19.1 Å². The van der Waals surface area contributed by atoms with Gasteiger partial charge in [0.1, 0.15) is 6.04 Å². The second-order valence-corrected chi connectivity index (χ2v) is 2.19. The Morgan fingerprint density at radius 1 is 1.70 bits per heavy atom. The van der Waals surface area contributed by atoms with Crippen molar-refractivity contribution < 1.29 is 9.90 Å². The molecule has 0 heterocycles. The molecule has 0 saturated carbocycles. The first-order valence-corrected chi connectivity index (χ1v) is 3.19. The van der Waals surface area contributed by atoms with Gasteiger partial charge < -0.3 is 15.7 Å². The molecule has 4 nitrogen and oxygen atoms in total. The summed E-state index contributed by atoms with van der Waals surface area (Å²) in [5.74, 6) is -0.919. The van der Waals surface area contributed by atoms with E-state index >= 15 is 0 Å². The number of carbonyl (C=O) groups is 1. The van der Waals surface area contributed by atoms with Gasteiger partial charge in [0.05, 0.1) is 0 Å². The predicted molar refractivity (Wildman–Crippen MR) is 41.9 cm³/mol. The molecule has 0 aliphatic heterocycles. The van der Waals surface area contributed by atoms with Crippen molar-refractivity contribution >= 4 is 23.3 Å². The number of carboxylic acid groups (broad SMARTS) is 1. The van der Waals surface area contributed by atoms with Crippen LogP contribution >= 0.6 is 12.2 Å². The van der Waals surface area contributed by atoms with Gasteiger partial charge in [-0.1, -0.05) is 0 Å². The van der Waals surface area contributed by atoms with Gasteiger partial charge in [0, 0.05) is 7.05 Å². The lowest BCUT2D eigenvalue weighted by Gasteiger charge is -2.09. The SMILES string of the molecule is CNC(=S)N[C@H](C)C(=O)O. The molecule has 0 amide bonds.